The van der Waals surface area contributed by atoms with Crippen LogP contribution in [0.1, 0.15) is 88.6 Å². The number of benzene rings is 4. The van der Waals surface area contributed by atoms with Crippen molar-refractivity contribution in [3.63, 3.8) is 0 Å². The van der Waals surface area contributed by atoms with Crippen LogP contribution < -0.4 is 9.47 Å². The first kappa shape index (κ1) is 37.5. The normalized spacial score (nSPS) is 12.4. The molecule has 262 valence electrons. The van der Waals surface area contributed by atoms with Gasteiger partial charge in [-0.2, -0.15) is 0 Å². The van der Waals surface area contributed by atoms with Gasteiger partial charge in [0.05, 0.1) is 6.61 Å². The monoisotopic (exact) mass is 664 g/mol. The molecule has 0 aliphatic rings. The number of hydrogen-bond acceptors (Lipinski definition) is 4. The fourth-order valence-corrected chi connectivity index (χ4v) is 6.47. The third-order valence-electron chi connectivity index (χ3n) is 9.14. The highest BCUT2D eigenvalue weighted by Crippen LogP contribution is 2.36. The number of ether oxygens (including phenoxy) is 2. The fourth-order valence-electron chi connectivity index (χ4n) is 6.47. The van der Waals surface area contributed by atoms with Crippen molar-refractivity contribution in [1.29, 1.82) is 0 Å². The van der Waals surface area contributed by atoms with Crippen LogP contribution in [0, 0.1) is 0 Å². The molecule has 1 atom stereocenters. The number of carbonyl (C=O) groups is 1. The van der Waals surface area contributed by atoms with Gasteiger partial charge in [-0.05, 0) is 108 Å². The van der Waals surface area contributed by atoms with Crippen molar-refractivity contribution in [1.82, 2.24) is 9.80 Å². The Morgan fingerprint density at radius 1 is 0.714 bits per heavy atom. The predicted octanol–water partition coefficient (Wildman–Crippen LogP) is 9.85. The molecule has 49 heavy (non-hydrogen) atoms. The average molecular weight is 665 g/mol. The molecule has 0 aromatic heterocycles. The first-order valence-electron chi connectivity index (χ1n) is 17.7. The van der Waals surface area contributed by atoms with E-state index < -0.39 is 11.6 Å². The van der Waals surface area contributed by atoms with Crippen molar-refractivity contribution in [2.24, 2.45) is 0 Å². The van der Waals surface area contributed by atoms with Crippen molar-refractivity contribution >= 4 is 6.09 Å². The molecule has 4 aromatic carbocycles. The lowest BCUT2D eigenvalue weighted by Crippen LogP contribution is -2.45. The standard InChI is InChI=1S/C43H56N2O4/c1-32(2)44(33(3)4)27-25-39(37-16-12-9-13-17-37)40-30-35(20-23-41(40)49-31-36-14-10-8-11-15-36)26-29-48-38-21-18-34(19-22-38)24-28-45(42(46)47)43(5,6)7/h8-23,30,32-33,39H,24-29,31H2,1-7H3,(H,46,47)/t39-/m1/s1. The molecule has 0 saturated carbocycles. The van der Waals surface area contributed by atoms with Crippen LogP contribution >= 0.6 is 0 Å². The SMILES string of the molecule is CC(C)N(CC[C@H](c1ccccc1)c1cc(CCOc2ccc(CCN(C(=O)O)C(C)(C)C)cc2)ccc1OCc1ccccc1)C(C)C. The maximum Gasteiger partial charge on any atom is 0.407 e. The first-order chi connectivity index (χ1) is 23.4. The molecule has 0 saturated heterocycles. The Balaban J connectivity index is 1.51. The third kappa shape index (κ3) is 11.4. The van der Waals surface area contributed by atoms with Crippen LogP contribution in [0.5, 0.6) is 11.5 Å². The molecule has 6 nitrogen and oxygen atoms in total. The predicted molar refractivity (Wildman–Crippen MR) is 201 cm³/mol. The maximum absolute atomic E-state index is 11.7. The molecule has 0 unspecified atom stereocenters. The smallest absolute Gasteiger partial charge is 0.407 e. The minimum atomic E-state index is -0.894. The molecule has 0 heterocycles. The fraction of sp³-hybridized carbons (Fsp3) is 0.419. The second kappa shape index (κ2) is 17.9. The van der Waals surface area contributed by atoms with Gasteiger partial charge in [0.25, 0.3) is 0 Å². The highest BCUT2D eigenvalue weighted by Gasteiger charge is 2.26. The van der Waals surface area contributed by atoms with Crippen molar-refractivity contribution in [3.05, 3.63) is 131 Å². The summed E-state index contributed by atoms with van der Waals surface area (Å²) in [6.45, 7) is 17.4. The molecular weight excluding hydrogens is 608 g/mol. The zero-order valence-corrected chi connectivity index (χ0v) is 30.6. The summed E-state index contributed by atoms with van der Waals surface area (Å²) < 4.78 is 12.7. The molecule has 4 rings (SSSR count). The molecule has 0 aliphatic heterocycles. The molecular formula is C43H56N2O4. The maximum atomic E-state index is 11.7. The minimum absolute atomic E-state index is 0.177. The number of amides is 1. The van der Waals surface area contributed by atoms with E-state index in [4.69, 9.17) is 9.47 Å². The summed E-state index contributed by atoms with van der Waals surface area (Å²) in [7, 11) is 0. The summed E-state index contributed by atoms with van der Waals surface area (Å²) in [4.78, 5) is 15.8. The van der Waals surface area contributed by atoms with Gasteiger partial charge in [-0.15, -0.1) is 0 Å². The van der Waals surface area contributed by atoms with E-state index in [9.17, 15) is 9.90 Å². The summed E-state index contributed by atoms with van der Waals surface area (Å²) >= 11 is 0. The van der Waals surface area contributed by atoms with Crippen LogP contribution in [0.25, 0.3) is 0 Å². The summed E-state index contributed by atoms with van der Waals surface area (Å²) in [5.74, 6) is 1.91. The first-order valence-corrected chi connectivity index (χ1v) is 17.7. The Morgan fingerprint density at radius 2 is 1.33 bits per heavy atom. The van der Waals surface area contributed by atoms with Crippen molar-refractivity contribution < 1.29 is 19.4 Å². The van der Waals surface area contributed by atoms with Gasteiger partial charge in [0.15, 0.2) is 0 Å². The number of nitrogens with zero attached hydrogens (tertiary/aromatic N) is 2. The Kier molecular flexibility index (Phi) is 13.7. The molecule has 6 heteroatoms. The molecule has 1 amide bonds. The van der Waals surface area contributed by atoms with Crippen LogP contribution in [0.15, 0.2) is 103 Å². The van der Waals surface area contributed by atoms with Gasteiger partial charge in [0.2, 0.25) is 0 Å². The van der Waals surface area contributed by atoms with Crippen molar-refractivity contribution in [2.45, 2.75) is 97.9 Å². The van der Waals surface area contributed by atoms with Crippen LogP contribution in [-0.4, -0.2) is 58.3 Å². The van der Waals surface area contributed by atoms with Gasteiger partial charge in [-0.3, -0.25) is 4.90 Å². The van der Waals surface area contributed by atoms with Gasteiger partial charge in [0, 0.05) is 42.1 Å². The van der Waals surface area contributed by atoms with Crippen LogP contribution in [0.4, 0.5) is 4.79 Å². The molecule has 0 fully saturated rings. The van der Waals surface area contributed by atoms with Crippen molar-refractivity contribution in [2.75, 3.05) is 19.7 Å². The molecule has 0 aliphatic carbocycles. The molecule has 0 spiro atoms. The Morgan fingerprint density at radius 3 is 1.92 bits per heavy atom. The second-order valence-electron chi connectivity index (χ2n) is 14.4. The Bertz CT molecular complexity index is 1560. The highest BCUT2D eigenvalue weighted by atomic mass is 16.5. The highest BCUT2D eigenvalue weighted by molar-refractivity contribution is 5.66. The van der Waals surface area contributed by atoms with Gasteiger partial charge in [-0.1, -0.05) is 84.9 Å². The quantitative estimate of drug-likeness (QED) is 0.122. The number of carboxylic acid groups (broad SMARTS) is 1. The number of hydrogen-bond donors (Lipinski definition) is 1. The molecule has 0 bridgehead atoms. The molecule has 1 N–H and O–H groups in total. The Hall–Kier alpha value is -4.29. The minimum Gasteiger partial charge on any atom is -0.493 e. The number of rotatable bonds is 17. The van der Waals surface area contributed by atoms with Gasteiger partial charge in [0.1, 0.15) is 18.1 Å². The second-order valence-corrected chi connectivity index (χ2v) is 14.4. The van der Waals surface area contributed by atoms with Gasteiger partial charge < -0.3 is 19.5 Å². The molecule has 0 radical (unpaired) electrons. The summed E-state index contributed by atoms with van der Waals surface area (Å²) in [5, 5.41) is 9.60. The lowest BCUT2D eigenvalue weighted by Gasteiger charge is -2.33. The summed E-state index contributed by atoms with van der Waals surface area (Å²) in [5.41, 5.74) is 5.50. The summed E-state index contributed by atoms with van der Waals surface area (Å²) in [6.07, 6.45) is 1.50. The van der Waals surface area contributed by atoms with Gasteiger partial charge in [-0.25, -0.2) is 4.79 Å². The molecule has 4 aromatic rings. The lowest BCUT2D eigenvalue weighted by molar-refractivity contribution is 0.101. The Labute approximate surface area is 294 Å². The van der Waals surface area contributed by atoms with E-state index in [2.05, 4.69) is 105 Å². The largest absolute Gasteiger partial charge is 0.493 e. The van der Waals surface area contributed by atoms with E-state index in [0.29, 0.717) is 38.3 Å². The van der Waals surface area contributed by atoms with E-state index in [1.165, 1.54) is 21.6 Å². The van der Waals surface area contributed by atoms with E-state index in [1.54, 1.807) is 0 Å². The van der Waals surface area contributed by atoms with Crippen molar-refractivity contribution in [3.8, 4) is 11.5 Å². The summed E-state index contributed by atoms with van der Waals surface area (Å²) in [6, 6.07) is 36.7. The van der Waals surface area contributed by atoms with Crippen LogP contribution in [-0.2, 0) is 19.4 Å². The lowest BCUT2D eigenvalue weighted by atomic mass is 9.86. The van der Waals surface area contributed by atoms with Crippen LogP contribution in [0.2, 0.25) is 0 Å². The van der Waals surface area contributed by atoms with Crippen LogP contribution in [0.3, 0.4) is 0 Å². The van der Waals surface area contributed by atoms with E-state index in [1.807, 2.05) is 51.1 Å². The van der Waals surface area contributed by atoms with E-state index in [0.717, 1.165) is 42.0 Å². The van der Waals surface area contributed by atoms with Gasteiger partial charge >= 0.3 is 6.09 Å². The zero-order valence-electron chi connectivity index (χ0n) is 30.6. The topological polar surface area (TPSA) is 62.2 Å². The van der Waals surface area contributed by atoms with E-state index >= 15 is 0 Å². The third-order valence-corrected chi connectivity index (χ3v) is 9.14. The zero-order chi connectivity index (χ0) is 35.4. The average Bonchev–Trinajstić information content (AvgIpc) is 3.06. The van der Waals surface area contributed by atoms with E-state index in [-0.39, 0.29) is 5.92 Å².